The van der Waals surface area contributed by atoms with Crippen LogP contribution >= 0.6 is 0 Å². The van der Waals surface area contributed by atoms with E-state index >= 15 is 0 Å². The highest BCUT2D eigenvalue weighted by molar-refractivity contribution is 5.92. The molecule has 0 spiro atoms. The molecule has 1 unspecified atom stereocenters. The lowest BCUT2D eigenvalue weighted by atomic mass is 10.1. The Morgan fingerprint density at radius 1 is 1.04 bits per heavy atom. The van der Waals surface area contributed by atoms with E-state index in [1.54, 1.807) is 18.6 Å². The minimum absolute atomic E-state index is 0.0232. The van der Waals surface area contributed by atoms with Gasteiger partial charge in [0.2, 0.25) is 0 Å². The van der Waals surface area contributed by atoms with Crippen LogP contribution in [-0.2, 0) is 6.18 Å². The summed E-state index contributed by atoms with van der Waals surface area (Å²) < 4.78 is 44.7. The molecular weight excluding hydrogens is 343 g/mol. The van der Waals surface area contributed by atoms with Gasteiger partial charge in [0.25, 0.3) is 0 Å². The Morgan fingerprint density at radius 2 is 1.85 bits per heavy atom. The molecule has 4 rings (SSSR count). The van der Waals surface area contributed by atoms with Gasteiger partial charge in [0, 0.05) is 42.6 Å². The van der Waals surface area contributed by atoms with Gasteiger partial charge in [-0.15, -0.1) is 0 Å². The first-order valence-electron chi connectivity index (χ1n) is 8.28. The second-order valence-corrected chi connectivity index (χ2v) is 6.22. The number of ether oxygens (including phenoxy) is 1. The summed E-state index contributed by atoms with van der Waals surface area (Å²) in [5, 5.41) is 0.713. The smallest absolute Gasteiger partial charge is 0.416 e. The van der Waals surface area contributed by atoms with Crippen molar-refractivity contribution in [1.82, 2.24) is 9.97 Å². The number of pyridine rings is 2. The van der Waals surface area contributed by atoms with Crippen LogP contribution in [0, 0.1) is 0 Å². The van der Waals surface area contributed by atoms with Crippen LogP contribution in [0.25, 0.3) is 10.9 Å². The summed E-state index contributed by atoms with van der Waals surface area (Å²) in [6, 6.07) is 9.16. The topological polar surface area (TPSA) is 38.2 Å². The fourth-order valence-electron chi connectivity index (χ4n) is 3.24. The number of hydrogen-bond acceptors (Lipinski definition) is 4. The van der Waals surface area contributed by atoms with Crippen LogP contribution in [0.5, 0.6) is 5.75 Å². The van der Waals surface area contributed by atoms with Gasteiger partial charge < -0.3 is 9.64 Å². The van der Waals surface area contributed by atoms with Crippen LogP contribution in [-0.4, -0.2) is 29.2 Å². The minimum atomic E-state index is -4.37. The third-order valence-electron chi connectivity index (χ3n) is 4.49. The highest BCUT2D eigenvalue weighted by Crippen LogP contribution is 2.34. The molecule has 0 bridgehead atoms. The van der Waals surface area contributed by atoms with E-state index in [0.717, 1.165) is 36.5 Å². The fraction of sp³-hybridized carbons (Fsp3) is 0.263. The van der Waals surface area contributed by atoms with E-state index in [2.05, 4.69) is 14.9 Å². The predicted molar refractivity (Wildman–Crippen MR) is 92.2 cm³/mol. The quantitative estimate of drug-likeness (QED) is 0.699. The van der Waals surface area contributed by atoms with E-state index < -0.39 is 11.7 Å². The molecule has 4 nitrogen and oxygen atoms in total. The van der Waals surface area contributed by atoms with Gasteiger partial charge in [-0.1, -0.05) is 6.07 Å². The van der Waals surface area contributed by atoms with Gasteiger partial charge in [0.15, 0.2) is 0 Å². The Balaban J connectivity index is 1.57. The average Bonchev–Trinajstić information content (AvgIpc) is 3.09. The molecule has 26 heavy (non-hydrogen) atoms. The van der Waals surface area contributed by atoms with Gasteiger partial charge in [-0.05, 0) is 30.3 Å². The molecule has 1 aromatic carbocycles. The molecule has 1 aliphatic heterocycles. The third-order valence-corrected chi connectivity index (χ3v) is 4.49. The molecule has 0 saturated carbocycles. The van der Waals surface area contributed by atoms with Gasteiger partial charge in [-0.2, -0.15) is 13.2 Å². The molecule has 1 aliphatic rings. The molecule has 0 aliphatic carbocycles. The van der Waals surface area contributed by atoms with Crippen LogP contribution in [0.3, 0.4) is 0 Å². The first kappa shape index (κ1) is 16.6. The minimum Gasteiger partial charge on any atom is -0.488 e. The number of aromatic nitrogens is 2. The van der Waals surface area contributed by atoms with E-state index in [-0.39, 0.29) is 6.10 Å². The Bertz CT molecular complexity index is 915. The van der Waals surface area contributed by atoms with Gasteiger partial charge in [-0.3, -0.25) is 9.97 Å². The monoisotopic (exact) mass is 359 g/mol. The summed E-state index contributed by atoms with van der Waals surface area (Å²) >= 11 is 0. The molecule has 1 fully saturated rings. The number of alkyl halides is 3. The molecule has 134 valence electrons. The molecular formula is C19H16F3N3O. The number of rotatable bonds is 3. The summed E-state index contributed by atoms with van der Waals surface area (Å²) in [5.41, 5.74) is 0.537. The maximum atomic E-state index is 12.9. The zero-order valence-electron chi connectivity index (χ0n) is 13.8. The van der Waals surface area contributed by atoms with Crippen molar-refractivity contribution < 1.29 is 17.9 Å². The van der Waals surface area contributed by atoms with Crippen LogP contribution in [0.15, 0.2) is 55.0 Å². The number of hydrogen-bond donors (Lipinski definition) is 0. The highest BCUT2D eigenvalue weighted by atomic mass is 19.4. The first-order chi connectivity index (χ1) is 12.5. The summed E-state index contributed by atoms with van der Waals surface area (Å²) in [5.74, 6) is 0.765. The van der Waals surface area contributed by atoms with Crippen LogP contribution < -0.4 is 9.64 Å². The Hall–Kier alpha value is -2.83. The third kappa shape index (κ3) is 3.29. The molecule has 0 radical (unpaired) electrons. The second-order valence-electron chi connectivity index (χ2n) is 6.22. The van der Waals surface area contributed by atoms with Crippen molar-refractivity contribution in [3.8, 4) is 5.75 Å². The van der Waals surface area contributed by atoms with Crippen LogP contribution in [0.1, 0.15) is 12.0 Å². The lowest BCUT2D eigenvalue weighted by molar-refractivity contribution is -0.137. The van der Waals surface area contributed by atoms with Crippen molar-refractivity contribution in [1.29, 1.82) is 0 Å². The molecule has 3 aromatic rings. The number of nitrogens with zero attached hydrogens (tertiary/aromatic N) is 3. The van der Waals surface area contributed by atoms with E-state index in [1.807, 2.05) is 18.2 Å². The zero-order valence-corrected chi connectivity index (χ0v) is 13.8. The maximum Gasteiger partial charge on any atom is 0.416 e. The number of fused-ring (bicyclic) bond motifs is 1. The number of anilines is 1. The predicted octanol–water partition coefficient (Wildman–Crippen LogP) is 4.31. The molecule has 2 aromatic heterocycles. The summed E-state index contributed by atoms with van der Waals surface area (Å²) in [6.45, 7) is 1.44. The standard InChI is InChI=1S/C19H16F3N3O/c20-19(21,22)13-1-2-16-17(11-13)24-9-5-18(16)25-10-6-15(12-25)26-14-3-7-23-8-4-14/h1-5,7-9,11,15H,6,10,12H2. The molecule has 1 atom stereocenters. The summed E-state index contributed by atoms with van der Waals surface area (Å²) in [6.07, 6.45) is 1.40. The van der Waals surface area contributed by atoms with E-state index in [4.69, 9.17) is 4.74 Å². The van der Waals surface area contributed by atoms with E-state index in [1.165, 1.54) is 6.07 Å². The van der Waals surface area contributed by atoms with Crippen molar-refractivity contribution in [3.05, 3.63) is 60.6 Å². The second kappa shape index (κ2) is 6.48. The summed E-state index contributed by atoms with van der Waals surface area (Å²) in [7, 11) is 0. The van der Waals surface area contributed by atoms with Gasteiger partial charge >= 0.3 is 6.18 Å². The average molecular weight is 359 g/mol. The Kier molecular flexibility index (Phi) is 4.14. The van der Waals surface area contributed by atoms with E-state index in [9.17, 15) is 13.2 Å². The molecule has 0 amide bonds. The lowest BCUT2D eigenvalue weighted by Crippen LogP contribution is -2.24. The Labute approximate surface area is 148 Å². The molecule has 7 heteroatoms. The van der Waals surface area contributed by atoms with Crippen molar-refractivity contribution in [2.45, 2.75) is 18.7 Å². The van der Waals surface area contributed by atoms with E-state index in [0.29, 0.717) is 17.4 Å². The van der Waals surface area contributed by atoms with Crippen molar-refractivity contribution >= 4 is 16.6 Å². The van der Waals surface area contributed by atoms with Crippen molar-refractivity contribution in [3.63, 3.8) is 0 Å². The largest absolute Gasteiger partial charge is 0.488 e. The molecule has 0 N–H and O–H groups in total. The van der Waals surface area contributed by atoms with Gasteiger partial charge in [0.05, 0.1) is 17.6 Å². The highest BCUT2D eigenvalue weighted by Gasteiger charge is 2.31. The molecule has 1 saturated heterocycles. The van der Waals surface area contributed by atoms with Gasteiger partial charge in [-0.25, -0.2) is 0 Å². The zero-order chi connectivity index (χ0) is 18.1. The maximum absolute atomic E-state index is 12.9. The fourth-order valence-corrected chi connectivity index (χ4v) is 3.24. The van der Waals surface area contributed by atoms with Gasteiger partial charge in [0.1, 0.15) is 11.9 Å². The SMILES string of the molecule is FC(F)(F)c1ccc2c(N3CCC(Oc4ccncc4)C3)ccnc2c1. The number of benzene rings is 1. The first-order valence-corrected chi connectivity index (χ1v) is 8.28. The Morgan fingerprint density at radius 3 is 2.62 bits per heavy atom. The summed E-state index contributed by atoms with van der Waals surface area (Å²) in [4.78, 5) is 10.2. The lowest BCUT2D eigenvalue weighted by Gasteiger charge is -2.21. The normalized spacial score (nSPS) is 17.7. The number of halogens is 3. The van der Waals surface area contributed by atoms with Crippen LogP contribution in [0.4, 0.5) is 18.9 Å². The van der Waals surface area contributed by atoms with Crippen LogP contribution in [0.2, 0.25) is 0 Å². The van der Waals surface area contributed by atoms with Crippen molar-refractivity contribution in [2.24, 2.45) is 0 Å². The van der Waals surface area contributed by atoms with Crippen molar-refractivity contribution in [2.75, 3.05) is 18.0 Å². The molecule has 3 heterocycles.